The number of nitrogens with zero attached hydrogens (tertiary/aromatic N) is 1. The van der Waals surface area contributed by atoms with Crippen LogP contribution in [0.25, 0.3) is 0 Å². The summed E-state index contributed by atoms with van der Waals surface area (Å²) < 4.78 is 58.2. The van der Waals surface area contributed by atoms with Crippen LogP contribution >= 0.6 is 0 Å². The number of anilines is 1. The summed E-state index contributed by atoms with van der Waals surface area (Å²) in [7, 11) is 0. The molecule has 202 valence electrons. The third-order valence-electron chi connectivity index (χ3n) is 6.96. The third-order valence-corrected chi connectivity index (χ3v) is 6.96. The first-order chi connectivity index (χ1) is 18.4. The van der Waals surface area contributed by atoms with E-state index in [0.29, 0.717) is 17.4 Å². The molecule has 38 heavy (non-hydrogen) atoms. The smallest absolute Gasteiger partial charge is 0.465 e. The van der Waals surface area contributed by atoms with E-state index in [2.05, 4.69) is 33.9 Å². The average Bonchev–Trinajstić information content (AvgIpc) is 2.92. The lowest BCUT2D eigenvalue weighted by Crippen LogP contribution is -2.34. The van der Waals surface area contributed by atoms with E-state index in [1.165, 1.54) is 35.5 Å². The molecule has 0 bridgehead atoms. The third kappa shape index (κ3) is 7.57. The second-order valence-electron chi connectivity index (χ2n) is 9.81. The number of halogens is 3. The fourth-order valence-corrected chi connectivity index (χ4v) is 4.96. The van der Waals surface area contributed by atoms with E-state index in [4.69, 9.17) is 14.2 Å². The Balaban J connectivity index is 1.06. The van der Waals surface area contributed by atoms with Gasteiger partial charge in [-0.2, -0.15) is 0 Å². The Labute approximate surface area is 221 Å². The molecular formula is C30H32F3NO4. The van der Waals surface area contributed by atoms with Gasteiger partial charge in [0.15, 0.2) is 6.29 Å². The van der Waals surface area contributed by atoms with Crippen molar-refractivity contribution >= 4 is 5.69 Å². The molecule has 0 aliphatic carbocycles. The second-order valence-corrected chi connectivity index (χ2v) is 9.81. The number of benzene rings is 3. The van der Waals surface area contributed by atoms with Crippen LogP contribution in [0, 0.1) is 5.92 Å². The van der Waals surface area contributed by atoms with E-state index in [-0.39, 0.29) is 12.0 Å². The molecule has 2 aliphatic rings. The van der Waals surface area contributed by atoms with Gasteiger partial charge in [0.2, 0.25) is 0 Å². The van der Waals surface area contributed by atoms with Gasteiger partial charge in [0.1, 0.15) is 23.0 Å². The van der Waals surface area contributed by atoms with E-state index in [1.807, 2.05) is 24.3 Å². The predicted octanol–water partition coefficient (Wildman–Crippen LogP) is 7.74. The highest BCUT2D eigenvalue weighted by atomic mass is 19.4. The Kier molecular flexibility index (Phi) is 8.27. The molecule has 0 spiro atoms. The van der Waals surface area contributed by atoms with Crippen LogP contribution in [0.1, 0.15) is 37.7 Å². The summed E-state index contributed by atoms with van der Waals surface area (Å²) >= 11 is 0. The normalized spacial score (nSPS) is 18.7. The highest BCUT2D eigenvalue weighted by Gasteiger charge is 2.31. The number of ether oxygens (including phenoxy) is 4. The highest BCUT2D eigenvalue weighted by molar-refractivity contribution is 5.49. The van der Waals surface area contributed by atoms with Crippen LogP contribution in [0.2, 0.25) is 0 Å². The molecule has 2 saturated heterocycles. The number of hydrogen-bond acceptors (Lipinski definition) is 5. The summed E-state index contributed by atoms with van der Waals surface area (Å²) in [5, 5.41) is 0. The SMILES string of the molecule is FC(F)(F)Oc1ccc(Oc2ccc(CC3CCN(c4ccc(OC5CCCCO5)cc4)CC3)cc2)cc1. The Bertz CT molecular complexity index is 1140. The highest BCUT2D eigenvalue weighted by Crippen LogP contribution is 2.30. The van der Waals surface area contributed by atoms with Crippen LogP contribution in [-0.2, 0) is 11.2 Å². The topological polar surface area (TPSA) is 40.2 Å². The van der Waals surface area contributed by atoms with Crippen LogP contribution in [0.15, 0.2) is 72.8 Å². The van der Waals surface area contributed by atoms with Crippen molar-refractivity contribution in [2.24, 2.45) is 5.92 Å². The maximum absolute atomic E-state index is 12.3. The summed E-state index contributed by atoms with van der Waals surface area (Å²) in [6.45, 7) is 2.81. The molecule has 2 heterocycles. The largest absolute Gasteiger partial charge is 0.573 e. The van der Waals surface area contributed by atoms with E-state index >= 15 is 0 Å². The lowest BCUT2D eigenvalue weighted by Gasteiger charge is -2.34. The fourth-order valence-electron chi connectivity index (χ4n) is 4.96. The van der Waals surface area contributed by atoms with Crippen LogP contribution in [0.3, 0.4) is 0 Å². The monoisotopic (exact) mass is 527 g/mol. The van der Waals surface area contributed by atoms with Crippen LogP contribution in [0.4, 0.5) is 18.9 Å². The molecule has 2 fully saturated rings. The molecule has 5 rings (SSSR count). The van der Waals surface area contributed by atoms with E-state index < -0.39 is 6.36 Å². The van der Waals surface area contributed by atoms with Gasteiger partial charge < -0.3 is 23.8 Å². The Morgan fingerprint density at radius 3 is 1.95 bits per heavy atom. The van der Waals surface area contributed by atoms with Crippen molar-refractivity contribution in [3.05, 3.63) is 78.4 Å². The van der Waals surface area contributed by atoms with E-state index in [9.17, 15) is 13.2 Å². The Morgan fingerprint density at radius 1 is 0.737 bits per heavy atom. The minimum Gasteiger partial charge on any atom is -0.465 e. The van der Waals surface area contributed by atoms with Gasteiger partial charge in [-0.05, 0) is 104 Å². The van der Waals surface area contributed by atoms with E-state index in [1.54, 1.807) is 0 Å². The van der Waals surface area contributed by atoms with Gasteiger partial charge in [-0.15, -0.1) is 13.2 Å². The molecule has 0 N–H and O–H groups in total. The minimum absolute atomic E-state index is 0.126. The van der Waals surface area contributed by atoms with Crippen LogP contribution in [0.5, 0.6) is 23.0 Å². The predicted molar refractivity (Wildman–Crippen MR) is 139 cm³/mol. The van der Waals surface area contributed by atoms with Crippen molar-refractivity contribution in [3.63, 3.8) is 0 Å². The van der Waals surface area contributed by atoms with Gasteiger partial charge in [-0.1, -0.05) is 12.1 Å². The van der Waals surface area contributed by atoms with Gasteiger partial charge in [-0.25, -0.2) is 0 Å². The Hall–Kier alpha value is -3.39. The number of alkyl halides is 3. The van der Waals surface area contributed by atoms with Crippen molar-refractivity contribution in [2.75, 3.05) is 24.6 Å². The number of piperidine rings is 1. The molecule has 5 nitrogen and oxygen atoms in total. The van der Waals surface area contributed by atoms with Gasteiger partial charge in [-0.3, -0.25) is 0 Å². The van der Waals surface area contributed by atoms with Gasteiger partial charge >= 0.3 is 6.36 Å². The average molecular weight is 528 g/mol. The number of rotatable bonds is 8. The van der Waals surface area contributed by atoms with E-state index in [0.717, 1.165) is 64.0 Å². The van der Waals surface area contributed by atoms with Crippen molar-refractivity contribution in [2.45, 2.75) is 51.2 Å². The molecule has 1 unspecified atom stereocenters. The molecule has 3 aromatic rings. The van der Waals surface area contributed by atoms with Crippen molar-refractivity contribution < 1.29 is 32.1 Å². The van der Waals surface area contributed by atoms with Crippen molar-refractivity contribution in [1.82, 2.24) is 0 Å². The zero-order valence-electron chi connectivity index (χ0n) is 21.2. The lowest BCUT2D eigenvalue weighted by atomic mass is 9.90. The molecule has 1 atom stereocenters. The summed E-state index contributed by atoms with van der Waals surface area (Å²) in [5.41, 5.74) is 2.47. The maximum atomic E-state index is 12.3. The minimum atomic E-state index is -4.71. The van der Waals surface area contributed by atoms with Gasteiger partial charge in [0, 0.05) is 25.2 Å². The molecule has 3 aromatic carbocycles. The Morgan fingerprint density at radius 2 is 1.34 bits per heavy atom. The maximum Gasteiger partial charge on any atom is 0.573 e. The standard InChI is InChI=1S/C30H32F3NO4/c31-30(32,33)38-28-14-12-26(13-15-28)36-25-8-4-22(5-9-25)21-23-16-18-34(19-17-23)24-6-10-27(11-7-24)37-29-3-1-2-20-35-29/h4-15,23,29H,1-3,16-21H2. The van der Waals surface area contributed by atoms with Crippen LogP contribution in [-0.4, -0.2) is 32.3 Å². The van der Waals surface area contributed by atoms with Crippen molar-refractivity contribution in [1.29, 1.82) is 0 Å². The van der Waals surface area contributed by atoms with Crippen molar-refractivity contribution in [3.8, 4) is 23.0 Å². The first-order valence-electron chi connectivity index (χ1n) is 13.2. The summed E-state index contributed by atoms with van der Waals surface area (Å²) in [5.74, 6) is 2.28. The molecular weight excluding hydrogens is 495 g/mol. The molecule has 0 aromatic heterocycles. The summed E-state index contributed by atoms with van der Waals surface area (Å²) in [4.78, 5) is 2.43. The quantitative estimate of drug-likeness (QED) is 0.300. The molecule has 8 heteroatoms. The zero-order valence-corrected chi connectivity index (χ0v) is 21.2. The second kappa shape index (κ2) is 12.0. The summed E-state index contributed by atoms with van der Waals surface area (Å²) in [6.07, 6.45) is 1.63. The zero-order chi connectivity index (χ0) is 26.4. The van der Waals surface area contributed by atoms with Gasteiger partial charge in [0.05, 0.1) is 6.61 Å². The molecule has 2 aliphatic heterocycles. The molecule has 0 amide bonds. The molecule has 0 saturated carbocycles. The van der Waals surface area contributed by atoms with Gasteiger partial charge in [0.25, 0.3) is 0 Å². The summed E-state index contributed by atoms with van der Waals surface area (Å²) in [6, 6.07) is 21.6. The first kappa shape index (κ1) is 26.2. The fraction of sp³-hybridized carbons (Fsp3) is 0.400. The molecule has 0 radical (unpaired) electrons. The number of hydrogen-bond donors (Lipinski definition) is 0. The lowest BCUT2D eigenvalue weighted by molar-refractivity contribution is -0.274. The van der Waals surface area contributed by atoms with Crippen LogP contribution < -0.4 is 19.1 Å². The first-order valence-corrected chi connectivity index (χ1v) is 13.2.